The number of rotatable bonds is 3. The molecule has 0 amide bonds. The van der Waals surface area contributed by atoms with Crippen molar-refractivity contribution in [2.45, 2.75) is 38.7 Å². The van der Waals surface area contributed by atoms with E-state index in [-0.39, 0.29) is 17.4 Å². The van der Waals surface area contributed by atoms with Crippen molar-refractivity contribution < 1.29 is 4.74 Å². The van der Waals surface area contributed by atoms with Gasteiger partial charge in [-0.05, 0) is 36.8 Å². The van der Waals surface area contributed by atoms with Crippen LogP contribution in [0.15, 0.2) is 18.7 Å². The van der Waals surface area contributed by atoms with Gasteiger partial charge in [0.05, 0.1) is 0 Å². The number of nitrogens with zero attached hydrogens (tertiary/aromatic N) is 5. The Morgan fingerprint density at radius 3 is 2.85 bits per heavy atom. The van der Waals surface area contributed by atoms with Crippen molar-refractivity contribution in [1.29, 1.82) is 0 Å². The maximum absolute atomic E-state index is 5.95. The van der Waals surface area contributed by atoms with Crippen molar-refractivity contribution in [3.8, 4) is 12.0 Å². The van der Waals surface area contributed by atoms with Crippen molar-refractivity contribution in [2.24, 2.45) is 5.92 Å². The standard InChI is InChI=1S/C13H16ClN5O/c1-9-4-2-3-5-10(9)20-13-17-11(14)16-12(18-13)19-7-6-15-8-19/h6-10H,2-5H2,1H3. The lowest BCUT2D eigenvalue weighted by atomic mass is 9.88. The molecule has 1 saturated carbocycles. The number of ether oxygens (including phenoxy) is 1. The summed E-state index contributed by atoms with van der Waals surface area (Å²) in [6.45, 7) is 2.20. The molecule has 0 bridgehead atoms. The van der Waals surface area contributed by atoms with E-state index < -0.39 is 0 Å². The molecule has 2 atom stereocenters. The fraction of sp³-hybridized carbons (Fsp3) is 0.538. The maximum atomic E-state index is 5.95. The van der Waals surface area contributed by atoms with E-state index in [4.69, 9.17) is 16.3 Å². The number of halogens is 1. The zero-order chi connectivity index (χ0) is 13.9. The van der Waals surface area contributed by atoms with E-state index in [1.165, 1.54) is 19.3 Å². The predicted octanol–water partition coefficient (Wildman–Crippen LogP) is 2.67. The molecule has 1 aliphatic rings. The van der Waals surface area contributed by atoms with Crippen molar-refractivity contribution in [1.82, 2.24) is 24.5 Å². The van der Waals surface area contributed by atoms with Crippen molar-refractivity contribution >= 4 is 11.6 Å². The summed E-state index contributed by atoms with van der Waals surface area (Å²) in [7, 11) is 0. The molecular weight excluding hydrogens is 278 g/mol. The minimum absolute atomic E-state index is 0.127. The van der Waals surface area contributed by atoms with Crippen LogP contribution in [-0.2, 0) is 0 Å². The minimum atomic E-state index is 0.127. The zero-order valence-corrected chi connectivity index (χ0v) is 12.0. The molecule has 2 aromatic heterocycles. The van der Waals surface area contributed by atoms with Gasteiger partial charge in [0.2, 0.25) is 11.2 Å². The molecule has 1 fully saturated rings. The molecule has 0 aromatic carbocycles. The molecule has 0 spiro atoms. The maximum Gasteiger partial charge on any atom is 0.322 e. The van der Waals surface area contributed by atoms with Crippen molar-refractivity contribution in [3.05, 3.63) is 24.0 Å². The third-order valence-corrected chi connectivity index (χ3v) is 3.77. The second-order valence-electron chi connectivity index (χ2n) is 5.08. The first-order valence-electron chi connectivity index (χ1n) is 6.79. The van der Waals surface area contributed by atoms with Gasteiger partial charge in [-0.15, -0.1) is 0 Å². The van der Waals surface area contributed by atoms with Gasteiger partial charge >= 0.3 is 6.01 Å². The van der Waals surface area contributed by atoms with E-state index in [0.717, 1.165) is 6.42 Å². The molecule has 2 heterocycles. The van der Waals surface area contributed by atoms with E-state index in [1.54, 1.807) is 23.3 Å². The molecule has 0 saturated heterocycles. The van der Waals surface area contributed by atoms with E-state index in [1.807, 2.05) is 0 Å². The molecule has 6 nitrogen and oxygen atoms in total. The highest BCUT2D eigenvalue weighted by molar-refractivity contribution is 6.28. The first-order valence-corrected chi connectivity index (χ1v) is 7.17. The zero-order valence-electron chi connectivity index (χ0n) is 11.2. The van der Waals surface area contributed by atoms with Crippen molar-refractivity contribution in [2.75, 3.05) is 0 Å². The average molecular weight is 294 g/mol. The van der Waals surface area contributed by atoms with Crippen LogP contribution in [0.25, 0.3) is 5.95 Å². The molecule has 0 N–H and O–H groups in total. The molecule has 106 valence electrons. The Morgan fingerprint density at radius 1 is 1.25 bits per heavy atom. The number of hydrogen-bond donors (Lipinski definition) is 0. The Morgan fingerprint density at radius 2 is 2.10 bits per heavy atom. The van der Waals surface area contributed by atoms with Gasteiger partial charge in [0, 0.05) is 12.4 Å². The fourth-order valence-corrected chi connectivity index (χ4v) is 2.61. The Hall–Kier alpha value is -1.69. The van der Waals surface area contributed by atoms with E-state index in [2.05, 4.69) is 26.9 Å². The summed E-state index contributed by atoms with van der Waals surface area (Å²) in [6.07, 6.45) is 9.82. The monoisotopic (exact) mass is 293 g/mol. The van der Waals surface area contributed by atoms with Crippen LogP contribution in [-0.4, -0.2) is 30.6 Å². The van der Waals surface area contributed by atoms with E-state index in [9.17, 15) is 0 Å². The fourth-order valence-electron chi connectivity index (χ4n) is 2.46. The first-order chi connectivity index (χ1) is 9.72. The van der Waals surface area contributed by atoms with Crippen LogP contribution in [0.2, 0.25) is 5.28 Å². The molecule has 2 aromatic rings. The van der Waals surface area contributed by atoms with Gasteiger partial charge in [0.1, 0.15) is 12.4 Å². The predicted molar refractivity (Wildman–Crippen MR) is 74.0 cm³/mol. The van der Waals surface area contributed by atoms with Gasteiger partial charge in [0.15, 0.2) is 0 Å². The third kappa shape index (κ3) is 2.90. The smallest absolute Gasteiger partial charge is 0.322 e. The highest BCUT2D eigenvalue weighted by atomic mass is 35.5. The quantitative estimate of drug-likeness (QED) is 0.870. The lowest BCUT2D eigenvalue weighted by Crippen LogP contribution is -2.29. The number of hydrogen-bond acceptors (Lipinski definition) is 5. The molecular formula is C13H16ClN5O. The van der Waals surface area contributed by atoms with E-state index >= 15 is 0 Å². The van der Waals surface area contributed by atoms with Crippen LogP contribution in [0.5, 0.6) is 6.01 Å². The van der Waals surface area contributed by atoms with Crippen LogP contribution >= 0.6 is 11.6 Å². The lowest BCUT2D eigenvalue weighted by Gasteiger charge is -2.28. The Labute approximate surface area is 122 Å². The summed E-state index contributed by atoms with van der Waals surface area (Å²) >= 11 is 5.95. The molecule has 1 aliphatic carbocycles. The van der Waals surface area contributed by atoms with Crippen LogP contribution < -0.4 is 4.74 Å². The van der Waals surface area contributed by atoms with Gasteiger partial charge < -0.3 is 4.74 Å². The van der Waals surface area contributed by atoms with Crippen LogP contribution in [0.4, 0.5) is 0 Å². The van der Waals surface area contributed by atoms with Gasteiger partial charge in [-0.3, -0.25) is 4.57 Å². The van der Waals surface area contributed by atoms with E-state index in [0.29, 0.717) is 11.9 Å². The van der Waals surface area contributed by atoms with Gasteiger partial charge in [-0.1, -0.05) is 13.3 Å². The van der Waals surface area contributed by atoms with Crippen LogP contribution in [0.3, 0.4) is 0 Å². The van der Waals surface area contributed by atoms with Gasteiger partial charge in [0.25, 0.3) is 0 Å². The molecule has 0 aliphatic heterocycles. The van der Waals surface area contributed by atoms with Gasteiger partial charge in [-0.25, -0.2) is 4.98 Å². The number of aromatic nitrogens is 5. The third-order valence-electron chi connectivity index (χ3n) is 3.60. The Balaban J connectivity index is 1.82. The average Bonchev–Trinajstić information content (AvgIpc) is 2.95. The first kappa shape index (κ1) is 13.3. The highest BCUT2D eigenvalue weighted by Gasteiger charge is 2.24. The van der Waals surface area contributed by atoms with Gasteiger partial charge in [-0.2, -0.15) is 15.0 Å². The lowest BCUT2D eigenvalue weighted by molar-refractivity contribution is 0.0919. The highest BCUT2D eigenvalue weighted by Crippen LogP contribution is 2.27. The summed E-state index contributed by atoms with van der Waals surface area (Å²) in [4.78, 5) is 16.4. The second kappa shape index (κ2) is 5.75. The number of imidazole rings is 1. The van der Waals surface area contributed by atoms with Crippen LogP contribution in [0.1, 0.15) is 32.6 Å². The Kier molecular flexibility index (Phi) is 3.82. The second-order valence-corrected chi connectivity index (χ2v) is 5.41. The molecule has 0 radical (unpaired) electrons. The SMILES string of the molecule is CC1CCCCC1Oc1nc(Cl)nc(-n2ccnc2)n1. The summed E-state index contributed by atoms with van der Waals surface area (Å²) in [6, 6.07) is 0.285. The molecule has 2 unspecified atom stereocenters. The largest absolute Gasteiger partial charge is 0.460 e. The summed E-state index contributed by atoms with van der Waals surface area (Å²) in [5.41, 5.74) is 0. The molecule has 20 heavy (non-hydrogen) atoms. The minimum Gasteiger partial charge on any atom is -0.460 e. The summed E-state index contributed by atoms with van der Waals surface area (Å²) in [5, 5.41) is 0.127. The molecule has 3 rings (SSSR count). The van der Waals surface area contributed by atoms with Crippen molar-refractivity contribution in [3.63, 3.8) is 0 Å². The molecule has 7 heteroatoms. The summed E-state index contributed by atoms with van der Waals surface area (Å²) in [5.74, 6) is 0.928. The summed E-state index contributed by atoms with van der Waals surface area (Å²) < 4.78 is 7.58. The Bertz CT molecular complexity index is 574. The van der Waals surface area contributed by atoms with Crippen LogP contribution in [0, 0.1) is 5.92 Å². The normalized spacial score (nSPS) is 22.7. The topological polar surface area (TPSA) is 65.7 Å².